The number of benzene rings is 1. The number of rotatable bonds is 9. The van der Waals surface area contributed by atoms with E-state index in [1.54, 1.807) is 36.1 Å². The van der Waals surface area contributed by atoms with Crippen LogP contribution in [0.25, 0.3) is 0 Å². The molecule has 3 N–H and O–H groups in total. The van der Waals surface area contributed by atoms with E-state index in [9.17, 15) is 9.18 Å². The van der Waals surface area contributed by atoms with Crippen molar-refractivity contribution in [1.82, 2.24) is 24.8 Å². The summed E-state index contributed by atoms with van der Waals surface area (Å²) in [4.78, 5) is 25.1. The van der Waals surface area contributed by atoms with Crippen molar-refractivity contribution >= 4 is 23.4 Å². The Bertz CT molecular complexity index is 1030. The average Bonchev–Trinajstić information content (AvgIpc) is 3.48. The Balaban J connectivity index is 1.33. The molecule has 0 radical (unpaired) electrons. The van der Waals surface area contributed by atoms with Gasteiger partial charge in [0.2, 0.25) is 5.95 Å². The highest BCUT2D eigenvalue weighted by Crippen LogP contribution is 2.42. The second kappa shape index (κ2) is 8.89. The third-order valence-corrected chi connectivity index (χ3v) is 4.87. The molecule has 4 rings (SSSR count). The van der Waals surface area contributed by atoms with Gasteiger partial charge in [-0.3, -0.25) is 4.79 Å². The number of nitrogens with one attached hydrogen (secondary N) is 3. The Morgan fingerprint density at radius 2 is 2.13 bits per heavy atom. The zero-order chi connectivity index (χ0) is 20.9. The lowest BCUT2D eigenvalue weighted by atomic mass is 10.2. The van der Waals surface area contributed by atoms with Gasteiger partial charge in [0.15, 0.2) is 5.82 Å². The van der Waals surface area contributed by atoms with Crippen LogP contribution in [0, 0.1) is 5.82 Å². The number of imidazole rings is 1. The van der Waals surface area contributed by atoms with Crippen LogP contribution in [0.3, 0.4) is 0 Å². The number of hydrogen-bond acceptors (Lipinski definition) is 6. The fourth-order valence-electron chi connectivity index (χ4n) is 3.14. The Morgan fingerprint density at radius 3 is 2.87 bits per heavy atom. The number of carbonyl (C=O) groups excluding carboxylic acids is 1. The first-order valence-electron chi connectivity index (χ1n) is 9.99. The van der Waals surface area contributed by atoms with E-state index in [-0.39, 0.29) is 11.7 Å². The van der Waals surface area contributed by atoms with Gasteiger partial charge < -0.3 is 20.5 Å². The van der Waals surface area contributed by atoms with Gasteiger partial charge in [-0.2, -0.15) is 4.98 Å². The third kappa shape index (κ3) is 4.91. The Kier molecular flexibility index (Phi) is 5.87. The lowest BCUT2D eigenvalue weighted by Gasteiger charge is -2.13. The summed E-state index contributed by atoms with van der Waals surface area (Å²) in [6.07, 6.45) is 8.16. The fourth-order valence-corrected chi connectivity index (χ4v) is 3.14. The molecule has 3 aromatic rings. The lowest BCUT2D eigenvalue weighted by molar-refractivity contribution is 0.0940. The minimum atomic E-state index is -0.319. The van der Waals surface area contributed by atoms with Crippen molar-refractivity contribution in [2.75, 3.05) is 23.7 Å². The second-order valence-corrected chi connectivity index (χ2v) is 7.31. The van der Waals surface area contributed by atoms with Gasteiger partial charge >= 0.3 is 0 Å². The molecule has 1 aliphatic rings. The first kappa shape index (κ1) is 19.8. The summed E-state index contributed by atoms with van der Waals surface area (Å²) in [7, 11) is 1.79. The maximum atomic E-state index is 13.4. The van der Waals surface area contributed by atoms with Crippen LogP contribution in [-0.4, -0.2) is 38.5 Å². The molecule has 1 amide bonds. The van der Waals surface area contributed by atoms with Gasteiger partial charge in [0, 0.05) is 50.0 Å². The van der Waals surface area contributed by atoms with E-state index in [0.717, 1.165) is 30.6 Å². The van der Waals surface area contributed by atoms with Crippen molar-refractivity contribution in [3.63, 3.8) is 0 Å². The molecule has 0 saturated heterocycles. The van der Waals surface area contributed by atoms with Crippen LogP contribution >= 0.6 is 0 Å². The third-order valence-electron chi connectivity index (χ3n) is 4.87. The SMILES string of the molecule is Cn1ccnc1C(=O)NCCCNc1nc(Nc2cccc(F)c2)ncc1C1CC1. The molecule has 0 unspecified atom stereocenters. The highest BCUT2D eigenvalue weighted by atomic mass is 19.1. The lowest BCUT2D eigenvalue weighted by Crippen LogP contribution is -2.28. The second-order valence-electron chi connectivity index (χ2n) is 7.31. The van der Waals surface area contributed by atoms with Crippen molar-refractivity contribution in [2.24, 2.45) is 7.05 Å². The van der Waals surface area contributed by atoms with E-state index in [2.05, 4.69) is 30.9 Å². The van der Waals surface area contributed by atoms with E-state index in [0.29, 0.717) is 36.5 Å². The molecule has 1 aromatic carbocycles. The maximum absolute atomic E-state index is 13.4. The molecule has 1 fully saturated rings. The van der Waals surface area contributed by atoms with Crippen molar-refractivity contribution in [2.45, 2.75) is 25.2 Å². The molecule has 0 spiro atoms. The number of aryl methyl sites for hydroxylation is 1. The number of nitrogens with zero attached hydrogens (tertiary/aromatic N) is 4. The van der Waals surface area contributed by atoms with Crippen molar-refractivity contribution < 1.29 is 9.18 Å². The summed E-state index contributed by atoms with van der Waals surface area (Å²) in [5.74, 6) is 1.56. The van der Waals surface area contributed by atoms with Crippen molar-refractivity contribution in [1.29, 1.82) is 0 Å². The molecule has 1 aliphatic carbocycles. The molecule has 0 aliphatic heterocycles. The zero-order valence-corrected chi connectivity index (χ0v) is 16.7. The Hall–Kier alpha value is -3.49. The van der Waals surface area contributed by atoms with Crippen LogP contribution in [0.4, 0.5) is 21.8 Å². The molecule has 0 bridgehead atoms. The Morgan fingerprint density at radius 1 is 1.27 bits per heavy atom. The van der Waals surface area contributed by atoms with Gasteiger partial charge in [-0.05, 0) is 43.4 Å². The molecular formula is C21H24FN7O. The summed E-state index contributed by atoms with van der Waals surface area (Å²) < 4.78 is 15.1. The van der Waals surface area contributed by atoms with Gasteiger partial charge in [0.05, 0.1) is 0 Å². The molecule has 9 heteroatoms. The monoisotopic (exact) mass is 409 g/mol. The zero-order valence-electron chi connectivity index (χ0n) is 16.7. The quantitative estimate of drug-likeness (QED) is 0.470. The van der Waals surface area contributed by atoms with Gasteiger partial charge in [-0.15, -0.1) is 0 Å². The van der Waals surface area contributed by atoms with E-state index < -0.39 is 0 Å². The first-order chi connectivity index (χ1) is 14.6. The molecule has 8 nitrogen and oxygen atoms in total. The van der Waals surface area contributed by atoms with Crippen molar-refractivity contribution in [3.05, 3.63) is 60.1 Å². The number of hydrogen-bond donors (Lipinski definition) is 3. The summed E-state index contributed by atoms with van der Waals surface area (Å²) in [6, 6.07) is 6.19. The number of carbonyl (C=O) groups is 1. The Labute approximate surface area is 174 Å². The van der Waals surface area contributed by atoms with Gasteiger partial charge in [-0.1, -0.05) is 6.07 Å². The molecule has 1 saturated carbocycles. The summed E-state index contributed by atoms with van der Waals surface area (Å²) >= 11 is 0. The van der Waals surface area contributed by atoms with Crippen LogP contribution in [0.2, 0.25) is 0 Å². The first-order valence-corrected chi connectivity index (χ1v) is 9.99. The maximum Gasteiger partial charge on any atom is 0.287 e. The van der Waals surface area contributed by atoms with Gasteiger partial charge in [0.1, 0.15) is 11.6 Å². The predicted octanol–water partition coefficient (Wildman–Crippen LogP) is 3.20. The van der Waals surface area contributed by atoms with Crippen LogP contribution in [0.1, 0.15) is 41.4 Å². The molecule has 2 aromatic heterocycles. The largest absolute Gasteiger partial charge is 0.370 e. The van der Waals surface area contributed by atoms with E-state index >= 15 is 0 Å². The topological polar surface area (TPSA) is 96.8 Å². The molecular weight excluding hydrogens is 385 g/mol. The predicted molar refractivity (Wildman–Crippen MR) is 112 cm³/mol. The number of aromatic nitrogens is 4. The van der Waals surface area contributed by atoms with Crippen LogP contribution < -0.4 is 16.0 Å². The average molecular weight is 409 g/mol. The van der Waals surface area contributed by atoms with E-state index in [4.69, 9.17) is 0 Å². The minimum absolute atomic E-state index is 0.190. The van der Waals surface area contributed by atoms with E-state index in [1.165, 1.54) is 12.1 Å². The summed E-state index contributed by atoms with van der Waals surface area (Å²) in [6.45, 7) is 1.17. The smallest absolute Gasteiger partial charge is 0.287 e. The van der Waals surface area contributed by atoms with E-state index in [1.807, 2.05) is 6.20 Å². The van der Waals surface area contributed by atoms with Crippen LogP contribution in [0.5, 0.6) is 0 Å². The summed E-state index contributed by atoms with van der Waals surface area (Å²) in [5, 5.41) is 9.26. The van der Waals surface area contributed by atoms with Crippen molar-refractivity contribution in [3.8, 4) is 0 Å². The number of amides is 1. The minimum Gasteiger partial charge on any atom is -0.370 e. The standard InChI is InChI=1S/C21H24FN7O/c1-29-11-10-24-19(29)20(30)25-9-3-8-23-18-17(14-6-7-14)13-26-21(28-18)27-16-5-2-4-15(22)12-16/h2,4-5,10-14H,3,6-9H2,1H3,(H,25,30)(H2,23,26,27,28). The molecule has 2 heterocycles. The summed E-state index contributed by atoms with van der Waals surface area (Å²) in [5.41, 5.74) is 1.69. The van der Waals surface area contributed by atoms with Crippen LogP contribution in [0.15, 0.2) is 42.9 Å². The highest BCUT2D eigenvalue weighted by Gasteiger charge is 2.27. The normalized spacial score (nSPS) is 13.1. The van der Waals surface area contributed by atoms with Gasteiger partial charge in [0.25, 0.3) is 5.91 Å². The molecule has 0 atom stereocenters. The molecule has 156 valence electrons. The molecule has 30 heavy (non-hydrogen) atoms. The van der Waals surface area contributed by atoms with Crippen LogP contribution in [-0.2, 0) is 7.05 Å². The highest BCUT2D eigenvalue weighted by molar-refractivity contribution is 5.90. The fraction of sp³-hybridized carbons (Fsp3) is 0.333. The van der Waals surface area contributed by atoms with Gasteiger partial charge in [-0.25, -0.2) is 14.4 Å². The number of anilines is 3. The number of halogens is 1.